The van der Waals surface area contributed by atoms with Crippen LogP contribution >= 0.6 is 11.6 Å². The van der Waals surface area contributed by atoms with Gasteiger partial charge >= 0.3 is 0 Å². The average Bonchev–Trinajstić information content (AvgIpc) is 2.87. The first-order valence-corrected chi connectivity index (χ1v) is 8.68. The Balaban J connectivity index is 2.23. The summed E-state index contributed by atoms with van der Waals surface area (Å²) in [5.41, 5.74) is 1.95. The molecule has 0 aliphatic rings. The molecule has 2 aromatic rings. The maximum atomic E-state index is 12.8. The minimum atomic E-state index is -0.282. The summed E-state index contributed by atoms with van der Waals surface area (Å²) in [7, 11) is 0. The molecular formula is C18H23ClN4O2. The van der Waals surface area contributed by atoms with E-state index in [1.54, 1.807) is 11.6 Å². The van der Waals surface area contributed by atoms with Crippen LogP contribution in [0.15, 0.2) is 30.3 Å². The quantitative estimate of drug-likeness (QED) is 0.822. The molecule has 1 N–H and O–H groups in total. The van der Waals surface area contributed by atoms with E-state index in [0.29, 0.717) is 36.0 Å². The molecule has 1 aromatic heterocycles. The molecule has 0 saturated heterocycles. The van der Waals surface area contributed by atoms with E-state index in [-0.39, 0.29) is 18.4 Å². The first-order chi connectivity index (χ1) is 12.0. The third-order valence-corrected chi connectivity index (χ3v) is 4.22. The lowest BCUT2D eigenvalue weighted by Crippen LogP contribution is -2.40. The van der Waals surface area contributed by atoms with Gasteiger partial charge in [-0.25, -0.2) is 4.68 Å². The fourth-order valence-corrected chi connectivity index (χ4v) is 2.88. The van der Waals surface area contributed by atoms with Crippen molar-refractivity contribution in [3.8, 4) is 0 Å². The Morgan fingerprint density at radius 3 is 2.52 bits per heavy atom. The molecule has 0 atom stereocenters. The van der Waals surface area contributed by atoms with Crippen LogP contribution in [0.2, 0.25) is 5.15 Å². The number of rotatable bonds is 7. The molecule has 134 valence electrons. The topological polar surface area (TPSA) is 67.2 Å². The lowest BCUT2D eigenvalue weighted by molar-refractivity contribution is -0.121. The van der Waals surface area contributed by atoms with Crippen LogP contribution in [0.1, 0.15) is 35.5 Å². The van der Waals surface area contributed by atoms with E-state index in [9.17, 15) is 9.59 Å². The van der Waals surface area contributed by atoms with Crippen LogP contribution in [0.4, 0.5) is 0 Å². The third kappa shape index (κ3) is 4.60. The van der Waals surface area contributed by atoms with Crippen LogP contribution in [-0.2, 0) is 11.3 Å². The number of nitrogens with one attached hydrogen (secondary N) is 1. The number of likely N-dealkylation sites (N-methyl/N-ethyl adjacent to an activating group) is 2. The monoisotopic (exact) mass is 362 g/mol. The summed E-state index contributed by atoms with van der Waals surface area (Å²) in [5.74, 6) is -0.473. The van der Waals surface area contributed by atoms with Crippen molar-refractivity contribution >= 4 is 23.4 Å². The van der Waals surface area contributed by atoms with Crippen molar-refractivity contribution in [2.24, 2.45) is 0 Å². The SMILES string of the molecule is CCNC(=O)CN(CC)C(=O)c1c(C)nn(Cc2ccccc2)c1Cl. The van der Waals surface area contributed by atoms with E-state index in [4.69, 9.17) is 11.6 Å². The predicted octanol–water partition coefficient (Wildman–Crippen LogP) is 2.49. The van der Waals surface area contributed by atoms with Crippen molar-refractivity contribution < 1.29 is 9.59 Å². The number of aryl methyl sites for hydroxylation is 1. The molecule has 0 fully saturated rings. The van der Waals surface area contributed by atoms with Gasteiger partial charge < -0.3 is 10.2 Å². The molecular weight excluding hydrogens is 340 g/mol. The summed E-state index contributed by atoms with van der Waals surface area (Å²) < 4.78 is 1.61. The molecule has 0 bridgehead atoms. The minimum Gasteiger partial charge on any atom is -0.355 e. The molecule has 0 saturated carbocycles. The van der Waals surface area contributed by atoms with Crippen LogP contribution in [0.3, 0.4) is 0 Å². The number of hydrogen-bond acceptors (Lipinski definition) is 3. The Morgan fingerprint density at radius 2 is 1.92 bits per heavy atom. The Kier molecular flexibility index (Phi) is 6.58. The van der Waals surface area contributed by atoms with Crippen LogP contribution < -0.4 is 5.32 Å². The van der Waals surface area contributed by atoms with Gasteiger partial charge in [-0.05, 0) is 26.3 Å². The highest BCUT2D eigenvalue weighted by Crippen LogP contribution is 2.22. The van der Waals surface area contributed by atoms with Crippen molar-refractivity contribution in [1.82, 2.24) is 20.0 Å². The molecule has 25 heavy (non-hydrogen) atoms. The van der Waals surface area contributed by atoms with Gasteiger partial charge in [0.15, 0.2) is 0 Å². The second kappa shape index (κ2) is 8.67. The standard InChI is InChI=1S/C18H23ClN4O2/c1-4-20-15(24)12-22(5-2)18(25)16-13(3)21-23(17(16)19)11-14-9-7-6-8-10-14/h6-10H,4-5,11-12H2,1-3H3,(H,20,24). The largest absolute Gasteiger partial charge is 0.355 e. The molecule has 7 heteroatoms. The van der Waals surface area contributed by atoms with Crippen LogP contribution in [0.25, 0.3) is 0 Å². The second-order valence-corrected chi connectivity index (χ2v) is 6.03. The second-order valence-electron chi connectivity index (χ2n) is 5.67. The number of hydrogen-bond donors (Lipinski definition) is 1. The first-order valence-electron chi connectivity index (χ1n) is 8.30. The van der Waals surface area contributed by atoms with E-state index in [2.05, 4.69) is 10.4 Å². The van der Waals surface area contributed by atoms with E-state index in [0.717, 1.165) is 5.56 Å². The summed E-state index contributed by atoms with van der Waals surface area (Å²) >= 11 is 6.43. The van der Waals surface area contributed by atoms with Crippen molar-refractivity contribution in [1.29, 1.82) is 0 Å². The summed E-state index contributed by atoms with van der Waals surface area (Å²) in [6, 6.07) is 9.77. The zero-order chi connectivity index (χ0) is 18.4. The summed E-state index contributed by atoms with van der Waals surface area (Å²) in [6.07, 6.45) is 0. The normalized spacial score (nSPS) is 10.6. The van der Waals surface area contributed by atoms with Crippen LogP contribution in [0.5, 0.6) is 0 Å². The van der Waals surface area contributed by atoms with E-state index >= 15 is 0 Å². The van der Waals surface area contributed by atoms with Gasteiger partial charge in [0, 0.05) is 13.1 Å². The van der Waals surface area contributed by atoms with Gasteiger partial charge in [-0.2, -0.15) is 5.10 Å². The third-order valence-electron chi connectivity index (χ3n) is 3.83. The maximum Gasteiger partial charge on any atom is 0.259 e. The fraction of sp³-hybridized carbons (Fsp3) is 0.389. The molecule has 0 aliphatic carbocycles. The zero-order valence-corrected chi connectivity index (χ0v) is 15.5. The molecule has 2 amide bonds. The van der Waals surface area contributed by atoms with E-state index in [1.165, 1.54) is 4.90 Å². The van der Waals surface area contributed by atoms with Gasteiger partial charge in [-0.3, -0.25) is 9.59 Å². The fourth-order valence-electron chi connectivity index (χ4n) is 2.57. The van der Waals surface area contributed by atoms with Gasteiger partial charge in [-0.1, -0.05) is 41.9 Å². The highest BCUT2D eigenvalue weighted by molar-refractivity contribution is 6.33. The lowest BCUT2D eigenvalue weighted by Gasteiger charge is -2.20. The average molecular weight is 363 g/mol. The lowest BCUT2D eigenvalue weighted by atomic mass is 10.2. The van der Waals surface area contributed by atoms with Gasteiger partial charge in [-0.15, -0.1) is 0 Å². The van der Waals surface area contributed by atoms with Gasteiger partial charge in [0.25, 0.3) is 5.91 Å². The molecule has 1 heterocycles. The summed E-state index contributed by atoms with van der Waals surface area (Å²) in [5, 5.41) is 7.38. The molecule has 0 aliphatic heterocycles. The first kappa shape index (κ1) is 19.0. The van der Waals surface area contributed by atoms with Gasteiger partial charge in [0.2, 0.25) is 5.91 Å². The van der Waals surface area contributed by atoms with Crippen LogP contribution in [-0.4, -0.2) is 46.1 Å². The Bertz CT molecular complexity index is 743. The Labute approximate surface area is 152 Å². The molecule has 6 nitrogen and oxygen atoms in total. The van der Waals surface area contributed by atoms with Gasteiger partial charge in [0.1, 0.15) is 5.15 Å². The molecule has 0 radical (unpaired) electrons. The summed E-state index contributed by atoms with van der Waals surface area (Å²) in [4.78, 5) is 26.1. The molecule has 1 aromatic carbocycles. The van der Waals surface area contributed by atoms with Crippen molar-refractivity contribution in [2.45, 2.75) is 27.3 Å². The molecule has 0 spiro atoms. The number of carbonyl (C=O) groups is 2. The van der Waals surface area contributed by atoms with Gasteiger partial charge in [0.05, 0.1) is 24.3 Å². The smallest absolute Gasteiger partial charge is 0.259 e. The predicted molar refractivity (Wildman–Crippen MR) is 97.8 cm³/mol. The Morgan fingerprint density at radius 1 is 1.24 bits per heavy atom. The molecule has 0 unspecified atom stereocenters. The minimum absolute atomic E-state index is 0.00279. The zero-order valence-electron chi connectivity index (χ0n) is 14.8. The Hall–Kier alpha value is -2.34. The number of benzene rings is 1. The number of nitrogens with zero attached hydrogens (tertiary/aromatic N) is 3. The van der Waals surface area contributed by atoms with E-state index < -0.39 is 0 Å². The highest BCUT2D eigenvalue weighted by Gasteiger charge is 2.25. The summed E-state index contributed by atoms with van der Waals surface area (Å²) in [6.45, 7) is 6.84. The van der Waals surface area contributed by atoms with Crippen molar-refractivity contribution in [2.75, 3.05) is 19.6 Å². The highest BCUT2D eigenvalue weighted by atomic mass is 35.5. The number of halogens is 1. The van der Waals surface area contributed by atoms with E-state index in [1.807, 2.05) is 44.2 Å². The number of carbonyl (C=O) groups excluding carboxylic acids is 2. The van der Waals surface area contributed by atoms with Crippen molar-refractivity contribution in [3.63, 3.8) is 0 Å². The number of amides is 2. The number of aromatic nitrogens is 2. The maximum absolute atomic E-state index is 12.8. The molecule has 2 rings (SSSR count). The van der Waals surface area contributed by atoms with Crippen molar-refractivity contribution in [3.05, 3.63) is 52.3 Å². The van der Waals surface area contributed by atoms with Crippen LogP contribution in [0, 0.1) is 6.92 Å².